The van der Waals surface area contributed by atoms with E-state index in [0.29, 0.717) is 6.54 Å². The summed E-state index contributed by atoms with van der Waals surface area (Å²) in [6, 6.07) is 15.5. The molecule has 3 N–H and O–H groups in total. The Morgan fingerprint density at radius 3 is 2.60 bits per heavy atom. The molecule has 2 aromatic carbocycles. The number of furan rings is 1. The van der Waals surface area contributed by atoms with Crippen molar-refractivity contribution in [2.45, 2.75) is 64.1 Å². The minimum atomic E-state index is -0.540. The van der Waals surface area contributed by atoms with Crippen LogP contribution in [0.1, 0.15) is 58.3 Å². The number of aromatic amines is 1. The van der Waals surface area contributed by atoms with Crippen LogP contribution >= 0.6 is 0 Å². The van der Waals surface area contributed by atoms with E-state index in [-0.39, 0.29) is 24.1 Å². The van der Waals surface area contributed by atoms with Crippen LogP contribution in [-0.4, -0.2) is 51.6 Å². The largest absolute Gasteiger partial charge is 0.456 e. The van der Waals surface area contributed by atoms with Crippen LogP contribution in [0.15, 0.2) is 59.1 Å². The first-order chi connectivity index (χ1) is 19.2. The van der Waals surface area contributed by atoms with Gasteiger partial charge in [-0.05, 0) is 102 Å². The number of carbonyl (C=O) groups is 2. The van der Waals surface area contributed by atoms with Crippen molar-refractivity contribution in [1.29, 1.82) is 0 Å². The fourth-order valence-corrected chi connectivity index (χ4v) is 5.45. The van der Waals surface area contributed by atoms with Gasteiger partial charge >= 0.3 is 6.09 Å². The average molecular weight is 542 g/mol. The molecule has 2 atom stereocenters. The second kappa shape index (κ2) is 10.5. The van der Waals surface area contributed by atoms with Gasteiger partial charge in [-0.1, -0.05) is 0 Å². The number of carbonyl (C=O) groups excluding carboxylic acids is 2. The lowest BCUT2D eigenvalue weighted by Gasteiger charge is -2.27. The number of benzene rings is 2. The normalized spacial score (nSPS) is 19.3. The highest BCUT2D eigenvalue weighted by molar-refractivity contribution is 5.95. The first-order valence-corrected chi connectivity index (χ1v) is 14.0. The van der Waals surface area contributed by atoms with Gasteiger partial charge in [0.05, 0.1) is 24.0 Å². The van der Waals surface area contributed by atoms with Crippen LogP contribution in [0.5, 0.6) is 0 Å². The minimum absolute atomic E-state index is 0.00830. The van der Waals surface area contributed by atoms with Crippen molar-refractivity contribution in [2.75, 3.05) is 18.4 Å². The molecule has 40 heavy (non-hydrogen) atoms. The Labute approximate surface area is 233 Å². The van der Waals surface area contributed by atoms with Crippen LogP contribution in [0.25, 0.3) is 33.6 Å². The van der Waals surface area contributed by atoms with Gasteiger partial charge in [0.15, 0.2) is 0 Å². The number of H-pyrrole nitrogens is 1. The summed E-state index contributed by atoms with van der Waals surface area (Å²) in [6.07, 6.45) is 5.17. The molecule has 2 fully saturated rings. The lowest BCUT2D eigenvalue weighted by molar-refractivity contribution is -0.117. The number of hydrogen-bond acceptors (Lipinski definition) is 6. The molecule has 2 aliphatic rings. The Bertz CT molecular complexity index is 1530. The van der Waals surface area contributed by atoms with Crippen molar-refractivity contribution in [3.63, 3.8) is 0 Å². The smallest absolute Gasteiger partial charge is 0.410 e. The van der Waals surface area contributed by atoms with Gasteiger partial charge in [0.2, 0.25) is 5.91 Å². The molecule has 0 aliphatic carbocycles. The van der Waals surface area contributed by atoms with Gasteiger partial charge in [0, 0.05) is 28.7 Å². The summed E-state index contributed by atoms with van der Waals surface area (Å²) in [7, 11) is 0. The van der Waals surface area contributed by atoms with Crippen LogP contribution in [0.3, 0.4) is 0 Å². The van der Waals surface area contributed by atoms with Crippen LogP contribution in [-0.2, 0) is 9.53 Å². The van der Waals surface area contributed by atoms with E-state index in [1.54, 1.807) is 4.90 Å². The summed E-state index contributed by atoms with van der Waals surface area (Å²) < 4.78 is 11.7. The van der Waals surface area contributed by atoms with E-state index >= 15 is 0 Å². The molecule has 0 unspecified atom stereocenters. The lowest BCUT2D eigenvalue weighted by atomic mass is 10.1. The number of fused-ring (bicyclic) bond motifs is 1. The maximum atomic E-state index is 12.7. The minimum Gasteiger partial charge on any atom is -0.456 e. The number of nitrogens with one attached hydrogen (secondary N) is 3. The molecule has 0 radical (unpaired) electrons. The first kappa shape index (κ1) is 26.1. The fourth-order valence-electron chi connectivity index (χ4n) is 5.45. The highest BCUT2D eigenvalue weighted by atomic mass is 16.6. The Kier molecular flexibility index (Phi) is 6.83. The molecule has 4 heterocycles. The van der Waals surface area contributed by atoms with Crippen LogP contribution in [0.2, 0.25) is 0 Å². The molecular formula is C31H35N5O4. The zero-order valence-electron chi connectivity index (χ0n) is 23.1. The number of imidazole rings is 1. The van der Waals surface area contributed by atoms with E-state index in [9.17, 15) is 9.59 Å². The molecule has 2 saturated heterocycles. The summed E-state index contributed by atoms with van der Waals surface area (Å²) in [6.45, 7) is 7.18. The van der Waals surface area contributed by atoms with Crippen molar-refractivity contribution in [3.05, 3.63) is 60.6 Å². The molecule has 2 amide bonds. The lowest BCUT2D eigenvalue weighted by Crippen LogP contribution is -2.36. The van der Waals surface area contributed by atoms with Gasteiger partial charge in [-0.2, -0.15) is 0 Å². The fraction of sp³-hybridized carbons (Fsp3) is 0.387. The predicted octanol–water partition coefficient (Wildman–Crippen LogP) is 6.25. The Morgan fingerprint density at radius 1 is 1.05 bits per heavy atom. The first-order valence-electron chi connectivity index (χ1n) is 14.0. The van der Waals surface area contributed by atoms with Crippen molar-refractivity contribution in [1.82, 2.24) is 20.2 Å². The number of amides is 2. The third-order valence-corrected chi connectivity index (χ3v) is 7.43. The third kappa shape index (κ3) is 5.47. The molecule has 2 aliphatic heterocycles. The van der Waals surface area contributed by atoms with Gasteiger partial charge in [-0.25, -0.2) is 9.78 Å². The van der Waals surface area contributed by atoms with Gasteiger partial charge < -0.3 is 24.8 Å². The summed E-state index contributed by atoms with van der Waals surface area (Å²) in [5.74, 6) is 1.53. The Morgan fingerprint density at radius 2 is 1.85 bits per heavy atom. The number of anilines is 1. The molecule has 9 nitrogen and oxygen atoms in total. The number of likely N-dealkylation sites (tertiary alicyclic amines) is 1. The van der Waals surface area contributed by atoms with Gasteiger partial charge in [-0.3, -0.25) is 9.69 Å². The average Bonchev–Trinajstić information content (AvgIpc) is 3.73. The molecule has 6 rings (SSSR count). The van der Waals surface area contributed by atoms with Crippen LogP contribution in [0.4, 0.5) is 10.5 Å². The van der Waals surface area contributed by atoms with E-state index in [0.717, 1.165) is 77.3 Å². The zero-order valence-corrected chi connectivity index (χ0v) is 23.1. The molecular weight excluding hydrogens is 506 g/mol. The van der Waals surface area contributed by atoms with Crippen LogP contribution in [0, 0.1) is 0 Å². The second-order valence-corrected chi connectivity index (χ2v) is 11.6. The topological polar surface area (TPSA) is 112 Å². The van der Waals surface area contributed by atoms with Gasteiger partial charge in [0.25, 0.3) is 0 Å². The quantitative estimate of drug-likeness (QED) is 0.275. The van der Waals surface area contributed by atoms with E-state index < -0.39 is 5.60 Å². The van der Waals surface area contributed by atoms with Crippen molar-refractivity contribution in [2.24, 2.45) is 0 Å². The summed E-state index contributed by atoms with van der Waals surface area (Å²) in [5.41, 5.74) is 3.81. The van der Waals surface area contributed by atoms with Gasteiger partial charge in [0.1, 0.15) is 22.8 Å². The van der Waals surface area contributed by atoms with E-state index in [1.807, 2.05) is 69.4 Å². The van der Waals surface area contributed by atoms with E-state index in [2.05, 4.69) is 26.7 Å². The van der Waals surface area contributed by atoms with Crippen molar-refractivity contribution < 1.29 is 18.7 Å². The van der Waals surface area contributed by atoms with Crippen molar-refractivity contribution in [3.8, 4) is 22.6 Å². The maximum absolute atomic E-state index is 12.7. The standard InChI is InChI=1S/C31H35N5O4/c1-31(2,3)40-30(38)36-15-5-7-25(36)28-33-18-24(35-28)20-10-13-26-21(16-20)17-27(39-26)19-8-11-22(12-9-19)34-29(37)23-6-4-14-32-23/h8-13,16-18,23,25,32H,4-7,14-15H2,1-3H3,(H,33,35)(H,34,37)/t23-,25-/m0/s1. The molecule has 208 valence electrons. The Hall–Kier alpha value is -4.11. The highest BCUT2D eigenvalue weighted by Gasteiger charge is 2.35. The molecule has 0 bridgehead atoms. The summed E-state index contributed by atoms with van der Waals surface area (Å²) in [4.78, 5) is 35.0. The number of hydrogen-bond donors (Lipinski definition) is 3. The van der Waals surface area contributed by atoms with Crippen molar-refractivity contribution >= 4 is 28.7 Å². The molecule has 0 spiro atoms. The van der Waals surface area contributed by atoms with Crippen LogP contribution < -0.4 is 10.6 Å². The van der Waals surface area contributed by atoms with E-state index in [4.69, 9.17) is 9.15 Å². The molecule has 0 saturated carbocycles. The third-order valence-electron chi connectivity index (χ3n) is 7.43. The Balaban J connectivity index is 1.17. The number of ether oxygens (including phenoxy) is 1. The number of rotatable bonds is 5. The summed E-state index contributed by atoms with van der Waals surface area (Å²) in [5, 5.41) is 7.18. The SMILES string of the molecule is CC(C)(C)OC(=O)N1CCC[C@H]1c1ncc(-c2ccc3oc(-c4ccc(NC(=O)[C@@H]5CCCN5)cc4)cc3c2)[nH]1. The predicted molar refractivity (Wildman–Crippen MR) is 154 cm³/mol. The number of aromatic nitrogens is 2. The molecule has 9 heteroatoms. The molecule has 2 aromatic heterocycles. The zero-order chi connectivity index (χ0) is 27.9. The molecule has 4 aromatic rings. The monoisotopic (exact) mass is 541 g/mol. The van der Waals surface area contributed by atoms with E-state index in [1.165, 1.54) is 0 Å². The second-order valence-electron chi connectivity index (χ2n) is 11.6. The maximum Gasteiger partial charge on any atom is 0.410 e. The number of nitrogens with zero attached hydrogens (tertiary/aromatic N) is 2. The highest BCUT2D eigenvalue weighted by Crippen LogP contribution is 2.35. The van der Waals surface area contributed by atoms with Gasteiger partial charge in [-0.15, -0.1) is 0 Å². The summed E-state index contributed by atoms with van der Waals surface area (Å²) >= 11 is 0.